The van der Waals surface area contributed by atoms with Crippen LogP contribution in [0.1, 0.15) is 12.8 Å². The Bertz CT molecular complexity index is 260. The fourth-order valence-electron chi connectivity index (χ4n) is 2.05. The summed E-state index contributed by atoms with van der Waals surface area (Å²) in [5, 5.41) is 13.0. The first-order valence-electron chi connectivity index (χ1n) is 6.10. The predicted octanol–water partition coefficient (Wildman–Crippen LogP) is -0.430. The average Bonchev–Trinajstić information content (AvgIpc) is 2.38. The maximum absolute atomic E-state index is 11.8. The van der Waals surface area contributed by atoms with Gasteiger partial charge in [-0.15, -0.1) is 0 Å². The van der Waals surface area contributed by atoms with Crippen LogP contribution in [0.2, 0.25) is 0 Å². The van der Waals surface area contributed by atoms with Crippen LogP contribution in [0.5, 0.6) is 0 Å². The Hall–Kier alpha value is -0.850. The van der Waals surface area contributed by atoms with E-state index in [1.807, 2.05) is 0 Å². The smallest absolute Gasteiger partial charge is 0.317 e. The van der Waals surface area contributed by atoms with E-state index in [-0.39, 0.29) is 6.03 Å². The van der Waals surface area contributed by atoms with E-state index >= 15 is 0 Å². The first kappa shape index (κ1) is 12.6. The molecule has 2 N–H and O–H groups in total. The lowest BCUT2D eigenvalue weighted by atomic mass is 9.94. The van der Waals surface area contributed by atoms with Crippen molar-refractivity contribution >= 4 is 6.03 Å². The number of rotatable bonds is 2. The molecule has 2 fully saturated rings. The molecule has 2 saturated heterocycles. The molecular weight excluding hydrogens is 224 g/mol. The normalized spacial score (nSPS) is 24.4. The minimum absolute atomic E-state index is 0.117. The topological polar surface area (TPSA) is 71.0 Å². The van der Waals surface area contributed by atoms with Crippen LogP contribution in [-0.2, 0) is 9.47 Å². The van der Waals surface area contributed by atoms with Crippen molar-refractivity contribution in [3.63, 3.8) is 0 Å². The molecule has 6 heteroatoms. The number of carbonyl (C=O) groups excluding carboxylic acids is 1. The number of hydrogen-bond donors (Lipinski definition) is 2. The van der Waals surface area contributed by atoms with Crippen molar-refractivity contribution in [3.8, 4) is 0 Å². The number of nitrogens with one attached hydrogen (secondary N) is 1. The van der Waals surface area contributed by atoms with Crippen LogP contribution in [0.15, 0.2) is 0 Å². The molecule has 2 aliphatic rings. The molecule has 2 heterocycles. The third-order valence-corrected chi connectivity index (χ3v) is 3.29. The second kappa shape index (κ2) is 5.66. The molecule has 2 aliphatic heterocycles. The standard InChI is InChI=1S/C11H20N2O4/c14-10(13-3-7-17-8-4-13)12-9-11(15)1-5-16-6-2-11/h15H,1-9H2,(H,12,14). The zero-order valence-corrected chi connectivity index (χ0v) is 9.98. The molecule has 0 radical (unpaired) electrons. The number of aliphatic hydroxyl groups is 1. The highest BCUT2D eigenvalue weighted by atomic mass is 16.5. The Morgan fingerprint density at radius 1 is 1.18 bits per heavy atom. The quantitative estimate of drug-likeness (QED) is 0.691. The van der Waals surface area contributed by atoms with Crippen molar-refractivity contribution in [2.45, 2.75) is 18.4 Å². The SMILES string of the molecule is O=C(NCC1(O)CCOCC1)N1CCOCC1. The molecule has 0 bridgehead atoms. The minimum atomic E-state index is -0.805. The number of hydrogen-bond acceptors (Lipinski definition) is 4. The van der Waals surface area contributed by atoms with Gasteiger partial charge in [-0.2, -0.15) is 0 Å². The Morgan fingerprint density at radius 2 is 1.76 bits per heavy atom. The van der Waals surface area contributed by atoms with Gasteiger partial charge in [0.25, 0.3) is 0 Å². The fourth-order valence-corrected chi connectivity index (χ4v) is 2.05. The van der Waals surface area contributed by atoms with Gasteiger partial charge in [0, 0.05) is 45.7 Å². The average molecular weight is 244 g/mol. The molecule has 0 aromatic rings. The van der Waals surface area contributed by atoms with E-state index in [1.165, 1.54) is 0 Å². The monoisotopic (exact) mass is 244 g/mol. The van der Waals surface area contributed by atoms with Crippen LogP contribution in [-0.4, -0.2) is 67.7 Å². The van der Waals surface area contributed by atoms with Gasteiger partial charge in [0.05, 0.1) is 18.8 Å². The van der Waals surface area contributed by atoms with E-state index in [9.17, 15) is 9.90 Å². The zero-order chi connectivity index (χ0) is 12.1. The van der Waals surface area contributed by atoms with E-state index in [0.29, 0.717) is 58.9 Å². The maximum atomic E-state index is 11.8. The van der Waals surface area contributed by atoms with E-state index < -0.39 is 5.60 Å². The van der Waals surface area contributed by atoms with Gasteiger partial charge in [0.1, 0.15) is 0 Å². The summed E-state index contributed by atoms with van der Waals surface area (Å²) in [6, 6.07) is -0.117. The highest BCUT2D eigenvalue weighted by Gasteiger charge is 2.30. The summed E-state index contributed by atoms with van der Waals surface area (Å²) in [6.45, 7) is 3.83. The van der Waals surface area contributed by atoms with Crippen molar-refractivity contribution < 1.29 is 19.4 Å². The van der Waals surface area contributed by atoms with Crippen molar-refractivity contribution in [3.05, 3.63) is 0 Å². The molecule has 0 aliphatic carbocycles. The molecule has 0 atom stereocenters. The van der Waals surface area contributed by atoms with Gasteiger partial charge in [-0.25, -0.2) is 4.79 Å². The Labute approximate surface area is 101 Å². The number of carbonyl (C=O) groups is 1. The van der Waals surface area contributed by atoms with Crippen molar-refractivity contribution in [2.75, 3.05) is 46.1 Å². The lowest BCUT2D eigenvalue weighted by molar-refractivity contribution is -0.0607. The summed E-state index contributed by atoms with van der Waals surface area (Å²) in [5.74, 6) is 0. The van der Waals surface area contributed by atoms with Crippen molar-refractivity contribution in [1.29, 1.82) is 0 Å². The van der Waals surface area contributed by atoms with Crippen LogP contribution in [0.3, 0.4) is 0 Å². The molecular formula is C11H20N2O4. The first-order valence-corrected chi connectivity index (χ1v) is 6.10. The van der Waals surface area contributed by atoms with Gasteiger partial charge < -0.3 is 24.8 Å². The van der Waals surface area contributed by atoms with Gasteiger partial charge >= 0.3 is 6.03 Å². The molecule has 6 nitrogen and oxygen atoms in total. The van der Waals surface area contributed by atoms with Crippen LogP contribution in [0.25, 0.3) is 0 Å². The number of amides is 2. The van der Waals surface area contributed by atoms with Gasteiger partial charge in [-0.1, -0.05) is 0 Å². The Morgan fingerprint density at radius 3 is 2.41 bits per heavy atom. The van der Waals surface area contributed by atoms with Crippen molar-refractivity contribution in [2.24, 2.45) is 0 Å². The number of nitrogens with zero attached hydrogens (tertiary/aromatic N) is 1. The van der Waals surface area contributed by atoms with Crippen LogP contribution in [0.4, 0.5) is 4.79 Å². The lowest BCUT2D eigenvalue weighted by Crippen LogP contribution is -2.52. The molecule has 98 valence electrons. The summed E-state index contributed by atoms with van der Waals surface area (Å²) in [6.07, 6.45) is 1.16. The minimum Gasteiger partial charge on any atom is -0.388 e. The Kier molecular flexibility index (Phi) is 4.20. The van der Waals surface area contributed by atoms with Crippen LogP contribution in [0, 0.1) is 0 Å². The summed E-state index contributed by atoms with van der Waals surface area (Å²) >= 11 is 0. The van der Waals surface area contributed by atoms with Gasteiger partial charge in [0.15, 0.2) is 0 Å². The van der Waals surface area contributed by atoms with Gasteiger partial charge in [0.2, 0.25) is 0 Å². The molecule has 2 amide bonds. The third kappa shape index (κ3) is 3.55. The molecule has 2 rings (SSSR count). The maximum Gasteiger partial charge on any atom is 0.317 e. The van der Waals surface area contributed by atoms with Crippen LogP contribution >= 0.6 is 0 Å². The summed E-state index contributed by atoms with van der Waals surface area (Å²) in [4.78, 5) is 13.5. The highest BCUT2D eigenvalue weighted by molar-refractivity contribution is 5.74. The largest absolute Gasteiger partial charge is 0.388 e. The van der Waals surface area contributed by atoms with E-state index in [0.717, 1.165) is 0 Å². The predicted molar refractivity (Wildman–Crippen MR) is 60.8 cm³/mol. The molecule has 0 unspecified atom stereocenters. The number of ether oxygens (including phenoxy) is 2. The molecule has 0 aromatic carbocycles. The molecule has 0 saturated carbocycles. The first-order chi connectivity index (χ1) is 8.20. The molecule has 0 aromatic heterocycles. The summed E-state index contributed by atoms with van der Waals surface area (Å²) < 4.78 is 10.4. The van der Waals surface area contributed by atoms with Crippen LogP contribution < -0.4 is 5.32 Å². The lowest BCUT2D eigenvalue weighted by Gasteiger charge is -2.33. The molecule has 0 spiro atoms. The van der Waals surface area contributed by atoms with E-state index in [4.69, 9.17) is 9.47 Å². The fraction of sp³-hybridized carbons (Fsp3) is 0.909. The second-order valence-electron chi connectivity index (χ2n) is 4.59. The van der Waals surface area contributed by atoms with E-state index in [1.54, 1.807) is 4.90 Å². The van der Waals surface area contributed by atoms with Gasteiger partial charge in [-0.05, 0) is 0 Å². The summed E-state index contributed by atoms with van der Waals surface area (Å²) in [7, 11) is 0. The zero-order valence-electron chi connectivity index (χ0n) is 9.98. The highest BCUT2D eigenvalue weighted by Crippen LogP contribution is 2.19. The van der Waals surface area contributed by atoms with Crippen molar-refractivity contribution in [1.82, 2.24) is 10.2 Å². The summed E-state index contributed by atoms with van der Waals surface area (Å²) in [5.41, 5.74) is -0.805. The second-order valence-corrected chi connectivity index (χ2v) is 4.59. The number of morpholine rings is 1. The third-order valence-electron chi connectivity index (χ3n) is 3.29. The molecule has 17 heavy (non-hydrogen) atoms. The van der Waals surface area contributed by atoms with E-state index in [2.05, 4.69) is 5.32 Å². The van der Waals surface area contributed by atoms with Gasteiger partial charge in [-0.3, -0.25) is 0 Å². The number of urea groups is 1. The Balaban J connectivity index is 1.74.